The first-order valence-electron chi connectivity index (χ1n) is 8.40. The summed E-state index contributed by atoms with van der Waals surface area (Å²) in [5, 5.41) is 4.94. The van der Waals surface area contributed by atoms with E-state index in [1.54, 1.807) is 0 Å². The van der Waals surface area contributed by atoms with Gasteiger partial charge < -0.3 is 5.32 Å². The van der Waals surface area contributed by atoms with Gasteiger partial charge in [-0.1, -0.05) is 38.5 Å². The van der Waals surface area contributed by atoms with E-state index in [0.29, 0.717) is 5.92 Å². The number of fused-ring (bicyclic) bond motifs is 2. The number of nitrogens with one attached hydrogen (secondary N) is 1. The van der Waals surface area contributed by atoms with E-state index in [1.165, 1.54) is 59.1 Å². The summed E-state index contributed by atoms with van der Waals surface area (Å²) >= 11 is 0. The molecule has 1 heterocycles. The third-order valence-corrected chi connectivity index (χ3v) is 4.55. The monoisotopic (exact) mass is 282 g/mol. The summed E-state index contributed by atoms with van der Waals surface area (Å²) in [5.74, 6) is 0.513. The Morgan fingerprint density at radius 1 is 1.14 bits per heavy atom. The number of rotatable bonds is 3. The van der Waals surface area contributed by atoms with Crippen LogP contribution in [0.3, 0.4) is 0 Å². The highest BCUT2D eigenvalue weighted by atomic mass is 14.9. The molecule has 1 aromatic carbocycles. The van der Waals surface area contributed by atoms with Crippen molar-refractivity contribution in [3.63, 3.8) is 0 Å². The molecule has 3 rings (SSSR count). The first kappa shape index (κ1) is 14.4. The van der Waals surface area contributed by atoms with Crippen LogP contribution in [0.4, 0.5) is 5.69 Å². The normalized spacial score (nSPS) is 15.0. The number of pyridine rings is 1. The van der Waals surface area contributed by atoms with Gasteiger partial charge in [0.25, 0.3) is 0 Å². The molecule has 0 unspecified atom stereocenters. The van der Waals surface area contributed by atoms with Crippen LogP contribution in [0.2, 0.25) is 0 Å². The SMILES string of the molecule is CCNc1c2c(nc3c(C(C)C)cccc13)CCCCC2. The van der Waals surface area contributed by atoms with Crippen molar-refractivity contribution in [1.82, 2.24) is 4.98 Å². The van der Waals surface area contributed by atoms with Gasteiger partial charge in [-0.05, 0) is 49.7 Å². The zero-order chi connectivity index (χ0) is 14.8. The maximum absolute atomic E-state index is 5.10. The first-order valence-corrected chi connectivity index (χ1v) is 8.40. The van der Waals surface area contributed by atoms with Gasteiger partial charge >= 0.3 is 0 Å². The van der Waals surface area contributed by atoms with E-state index < -0.39 is 0 Å². The summed E-state index contributed by atoms with van der Waals surface area (Å²) in [4.78, 5) is 5.10. The fourth-order valence-corrected chi connectivity index (χ4v) is 3.49. The Bertz CT molecular complexity index is 644. The predicted molar refractivity (Wildman–Crippen MR) is 91.3 cm³/mol. The number of benzene rings is 1. The molecule has 0 amide bonds. The molecular formula is C19H26N2. The van der Waals surface area contributed by atoms with Crippen LogP contribution < -0.4 is 5.32 Å². The second-order valence-corrected chi connectivity index (χ2v) is 6.40. The first-order chi connectivity index (χ1) is 10.2. The maximum atomic E-state index is 5.10. The summed E-state index contributed by atoms with van der Waals surface area (Å²) in [5.41, 5.74) is 6.75. The van der Waals surface area contributed by atoms with Crippen LogP contribution in [0.15, 0.2) is 18.2 Å². The van der Waals surface area contributed by atoms with Crippen LogP contribution in [0.25, 0.3) is 10.9 Å². The van der Waals surface area contributed by atoms with Crippen LogP contribution >= 0.6 is 0 Å². The Kier molecular flexibility index (Phi) is 4.14. The lowest BCUT2D eigenvalue weighted by Crippen LogP contribution is -2.07. The van der Waals surface area contributed by atoms with Crippen molar-refractivity contribution in [1.29, 1.82) is 0 Å². The van der Waals surface area contributed by atoms with Crippen LogP contribution in [-0.2, 0) is 12.8 Å². The fourth-order valence-electron chi connectivity index (χ4n) is 3.49. The number of aryl methyl sites for hydroxylation is 1. The molecule has 2 heteroatoms. The Morgan fingerprint density at radius 3 is 2.71 bits per heavy atom. The molecule has 0 saturated heterocycles. The Hall–Kier alpha value is -1.57. The Labute approximate surface area is 128 Å². The summed E-state index contributed by atoms with van der Waals surface area (Å²) in [6, 6.07) is 6.65. The van der Waals surface area contributed by atoms with E-state index >= 15 is 0 Å². The third-order valence-electron chi connectivity index (χ3n) is 4.55. The van der Waals surface area contributed by atoms with E-state index in [-0.39, 0.29) is 0 Å². The quantitative estimate of drug-likeness (QED) is 0.796. The van der Waals surface area contributed by atoms with Crippen LogP contribution in [0, 0.1) is 0 Å². The molecule has 112 valence electrons. The van der Waals surface area contributed by atoms with Crippen LogP contribution in [-0.4, -0.2) is 11.5 Å². The highest BCUT2D eigenvalue weighted by Crippen LogP contribution is 2.35. The van der Waals surface area contributed by atoms with Crippen molar-refractivity contribution in [3.8, 4) is 0 Å². The van der Waals surface area contributed by atoms with Gasteiger partial charge in [0, 0.05) is 23.3 Å². The standard InChI is InChI=1S/C19H26N2/c1-4-20-18-15-9-6-5-7-12-17(15)21-19-14(13(2)3)10-8-11-16(18)19/h8,10-11,13H,4-7,9,12H2,1-3H3,(H,20,21). The van der Waals surface area contributed by atoms with Gasteiger partial charge in [-0.3, -0.25) is 4.98 Å². The number of hydrogen-bond donors (Lipinski definition) is 1. The smallest absolute Gasteiger partial charge is 0.0760 e. The van der Waals surface area contributed by atoms with Gasteiger partial charge in [0.2, 0.25) is 0 Å². The largest absolute Gasteiger partial charge is 0.384 e. The number of nitrogens with zero attached hydrogens (tertiary/aromatic N) is 1. The molecule has 2 nitrogen and oxygen atoms in total. The van der Waals surface area contributed by atoms with Crippen LogP contribution in [0.1, 0.15) is 62.8 Å². The zero-order valence-electron chi connectivity index (χ0n) is 13.5. The molecule has 0 spiro atoms. The van der Waals surface area contributed by atoms with Crippen LogP contribution in [0.5, 0.6) is 0 Å². The molecule has 0 bridgehead atoms. The van der Waals surface area contributed by atoms with E-state index in [4.69, 9.17) is 4.98 Å². The van der Waals surface area contributed by atoms with Crippen molar-refractivity contribution < 1.29 is 0 Å². The molecule has 2 aromatic rings. The highest BCUT2D eigenvalue weighted by Gasteiger charge is 2.18. The van der Waals surface area contributed by atoms with Crippen molar-refractivity contribution in [2.75, 3.05) is 11.9 Å². The molecule has 1 N–H and O–H groups in total. The van der Waals surface area contributed by atoms with Gasteiger partial charge in [0.05, 0.1) is 5.52 Å². The second-order valence-electron chi connectivity index (χ2n) is 6.40. The van der Waals surface area contributed by atoms with Crippen molar-refractivity contribution >= 4 is 16.6 Å². The number of hydrogen-bond acceptors (Lipinski definition) is 2. The predicted octanol–water partition coefficient (Wildman–Crippen LogP) is 5.06. The zero-order valence-corrected chi connectivity index (χ0v) is 13.5. The van der Waals surface area contributed by atoms with Gasteiger partial charge in [-0.25, -0.2) is 0 Å². The summed E-state index contributed by atoms with van der Waals surface area (Å²) in [6.45, 7) is 7.67. The Balaban J connectivity index is 2.30. The molecule has 1 aliphatic rings. The number of aromatic nitrogens is 1. The van der Waals surface area contributed by atoms with Crippen molar-refractivity contribution in [3.05, 3.63) is 35.0 Å². The molecule has 0 saturated carbocycles. The molecule has 1 aliphatic carbocycles. The van der Waals surface area contributed by atoms with Crippen molar-refractivity contribution in [2.45, 2.75) is 58.8 Å². The van der Waals surface area contributed by atoms with E-state index in [1.807, 2.05) is 0 Å². The molecular weight excluding hydrogens is 256 g/mol. The lowest BCUT2D eigenvalue weighted by atomic mass is 9.95. The molecule has 1 aromatic heterocycles. The maximum Gasteiger partial charge on any atom is 0.0760 e. The summed E-state index contributed by atoms with van der Waals surface area (Å²) in [7, 11) is 0. The molecule has 0 radical (unpaired) electrons. The number of anilines is 1. The van der Waals surface area contributed by atoms with Gasteiger partial charge in [0.1, 0.15) is 0 Å². The second kappa shape index (κ2) is 6.05. The Morgan fingerprint density at radius 2 is 1.95 bits per heavy atom. The van der Waals surface area contributed by atoms with Crippen molar-refractivity contribution in [2.24, 2.45) is 0 Å². The number of para-hydroxylation sites is 1. The minimum atomic E-state index is 0.513. The lowest BCUT2D eigenvalue weighted by molar-refractivity contribution is 0.709. The molecule has 0 fully saturated rings. The fraction of sp³-hybridized carbons (Fsp3) is 0.526. The van der Waals surface area contributed by atoms with Gasteiger partial charge in [0.15, 0.2) is 0 Å². The summed E-state index contributed by atoms with van der Waals surface area (Å²) in [6.07, 6.45) is 6.21. The topological polar surface area (TPSA) is 24.9 Å². The third kappa shape index (κ3) is 2.64. The lowest BCUT2D eigenvalue weighted by Gasteiger charge is -2.19. The summed E-state index contributed by atoms with van der Waals surface area (Å²) < 4.78 is 0. The van der Waals surface area contributed by atoms with Gasteiger partial charge in [-0.15, -0.1) is 0 Å². The van der Waals surface area contributed by atoms with E-state index in [9.17, 15) is 0 Å². The minimum Gasteiger partial charge on any atom is -0.384 e. The van der Waals surface area contributed by atoms with Gasteiger partial charge in [-0.2, -0.15) is 0 Å². The average molecular weight is 282 g/mol. The van der Waals surface area contributed by atoms with E-state index in [0.717, 1.165) is 13.0 Å². The highest BCUT2D eigenvalue weighted by molar-refractivity contribution is 5.95. The average Bonchev–Trinajstić information content (AvgIpc) is 2.71. The molecule has 21 heavy (non-hydrogen) atoms. The van der Waals surface area contributed by atoms with E-state index in [2.05, 4.69) is 44.3 Å². The molecule has 0 aliphatic heterocycles. The molecule has 0 atom stereocenters. The minimum absolute atomic E-state index is 0.513.